The first-order valence-corrected chi connectivity index (χ1v) is 5.75. The molecule has 84 valence electrons. The van der Waals surface area contributed by atoms with Crippen molar-refractivity contribution in [3.05, 3.63) is 11.6 Å². The van der Waals surface area contributed by atoms with Gasteiger partial charge in [-0.15, -0.1) is 0 Å². The fourth-order valence-corrected chi connectivity index (χ4v) is 1.46. The normalized spacial score (nSPS) is 15.4. The summed E-state index contributed by atoms with van der Waals surface area (Å²) in [7, 11) is 0. The fraction of sp³-hybridized carbons (Fsp3) is 0.846. The van der Waals surface area contributed by atoms with Crippen molar-refractivity contribution in [2.75, 3.05) is 0 Å². The van der Waals surface area contributed by atoms with E-state index in [1.807, 2.05) is 0 Å². The lowest BCUT2D eigenvalue weighted by Gasteiger charge is -2.18. The van der Waals surface area contributed by atoms with Crippen molar-refractivity contribution < 1.29 is 5.11 Å². The monoisotopic (exact) mass is 198 g/mol. The van der Waals surface area contributed by atoms with Crippen molar-refractivity contribution in [1.82, 2.24) is 0 Å². The Morgan fingerprint density at radius 3 is 2.21 bits per heavy atom. The van der Waals surface area contributed by atoms with E-state index < -0.39 is 0 Å². The molecule has 0 aliphatic carbocycles. The number of hydrogen-bond donors (Lipinski definition) is 1. The van der Waals surface area contributed by atoms with E-state index in [1.165, 1.54) is 12.0 Å². The highest BCUT2D eigenvalue weighted by Crippen LogP contribution is 2.17. The molecule has 0 aliphatic rings. The first kappa shape index (κ1) is 13.7. The summed E-state index contributed by atoms with van der Waals surface area (Å²) in [6, 6.07) is 0. The van der Waals surface area contributed by atoms with Gasteiger partial charge in [-0.1, -0.05) is 32.4 Å². The molecule has 1 nitrogen and oxygen atoms in total. The van der Waals surface area contributed by atoms with Gasteiger partial charge in [-0.2, -0.15) is 0 Å². The van der Waals surface area contributed by atoms with Crippen LogP contribution >= 0.6 is 0 Å². The second kappa shape index (κ2) is 7.05. The topological polar surface area (TPSA) is 20.2 Å². The van der Waals surface area contributed by atoms with Crippen LogP contribution in [0.2, 0.25) is 0 Å². The first-order chi connectivity index (χ1) is 6.43. The third-order valence-electron chi connectivity index (χ3n) is 2.63. The van der Waals surface area contributed by atoms with Gasteiger partial charge in [0.2, 0.25) is 0 Å². The smallest absolute Gasteiger partial charge is 0.0565 e. The Bertz CT molecular complexity index is 166. The van der Waals surface area contributed by atoms with E-state index >= 15 is 0 Å². The zero-order chi connectivity index (χ0) is 11.1. The van der Waals surface area contributed by atoms with Gasteiger partial charge in [-0.25, -0.2) is 0 Å². The molecular weight excluding hydrogens is 172 g/mol. The average Bonchev–Trinajstić information content (AvgIpc) is 2.02. The average molecular weight is 198 g/mol. The van der Waals surface area contributed by atoms with Crippen LogP contribution in [0.15, 0.2) is 11.6 Å². The lowest BCUT2D eigenvalue weighted by Crippen LogP contribution is -2.17. The Balaban J connectivity index is 3.65. The van der Waals surface area contributed by atoms with Crippen LogP contribution in [0.1, 0.15) is 53.9 Å². The van der Waals surface area contributed by atoms with Crippen LogP contribution in [0, 0.1) is 11.8 Å². The molecule has 0 saturated carbocycles. The summed E-state index contributed by atoms with van der Waals surface area (Å²) < 4.78 is 0. The predicted octanol–water partition coefficient (Wildman–Crippen LogP) is 3.78. The minimum absolute atomic E-state index is 0.128. The van der Waals surface area contributed by atoms with E-state index in [1.54, 1.807) is 0 Å². The Morgan fingerprint density at radius 2 is 1.79 bits per heavy atom. The highest BCUT2D eigenvalue weighted by Gasteiger charge is 2.12. The molecule has 1 heteroatoms. The Morgan fingerprint density at radius 1 is 1.21 bits per heavy atom. The second-order valence-corrected chi connectivity index (χ2v) is 5.01. The molecule has 0 heterocycles. The molecule has 0 radical (unpaired) electrons. The fourth-order valence-electron chi connectivity index (χ4n) is 1.46. The third kappa shape index (κ3) is 7.14. The maximum absolute atomic E-state index is 9.69. The SMILES string of the molecule is CC(C)=CCCC(C)CC(O)C(C)C. The standard InChI is InChI=1S/C13H26O/c1-10(2)7-6-8-12(5)9-13(14)11(3)4/h7,11-14H,6,8-9H2,1-5H3. The number of hydrogen-bond acceptors (Lipinski definition) is 1. The van der Waals surface area contributed by atoms with Crippen LogP contribution in [0.5, 0.6) is 0 Å². The van der Waals surface area contributed by atoms with Gasteiger partial charge in [0.05, 0.1) is 6.10 Å². The molecule has 0 amide bonds. The number of aliphatic hydroxyl groups excluding tert-OH is 1. The van der Waals surface area contributed by atoms with Gasteiger partial charge >= 0.3 is 0 Å². The quantitative estimate of drug-likeness (QED) is 0.644. The van der Waals surface area contributed by atoms with Gasteiger partial charge < -0.3 is 5.11 Å². The summed E-state index contributed by atoms with van der Waals surface area (Å²) in [5.41, 5.74) is 1.39. The number of aliphatic hydroxyl groups is 1. The van der Waals surface area contributed by atoms with E-state index in [2.05, 4.69) is 40.7 Å². The molecule has 0 aromatic rings. The molecule has 0 aromatic heterocycles. The van der Waals surface area contributed by atoms with Gasteiger partial charge in [-0.05, 0) is 44.9 Å². The van der Waals surface area contributed by atoms with E-state index in [0.717, 1.165) is 12.8 Å². The van der Waals surface area contributed by atoms with Crippen LogP contribution < -0.4 is 0 Å². The molecule has 2 unspecified atom stereocenters. The van der Waals surface area contributed by atoms with Crippen molar-refractivity contribution in [3.63, 3.8) is 0 Å². The molecule has 1 N–H and O–H groups in total. The van der Waals surface area contributed by atoms with Gasteiger partial charge in [-0.3, -0.25) is 0 Å². The lowest BCUT2D eigenvalue weighted by molar-refractivity contribution is 0.0986. The van der Waals surface area contributed by atoms with Crippen LogP contribution in [0.25, 0.3) is 0 Å². The summed E-state index contributed by atoms with van der Waals surface area (Å²) in [6.45, 7) is 10.6. The minimum atomic E-state index is -0.128. The highest BCUT2D eigenvalue weighted by molar-refractivity contribution is 4.92. The van der Waals surface area contributed by atoms with Crippen molar-refractivity contribution in [3.8, 4) is 0 Å². The van der Waals surface area contributed by atoms with Crippen molar-refractivity contribution >= 4 is 0 Å². The zero-order valence-electron chi connectivity index (χ0n) is 10.4. The Kier molecular flexibility index (Phi) is 6.90. The summed E-state index contributed by atoms with van der Waals surface area (Å²) in [5.74, 6) is 1.02. The first-order valence-electron chi connectivity index (χ1n) is 5.75. The molecule has 0 saturated heterocycles. The summed E-state index contributed by atoms with van der Waals surface area (Å²) in [5, 5.41) is 9.69. The summed E-state index contributed by atoms with van der Waals surface area (Å²) >= 11 is 0. The molecule has 2 atom stereocenters. The molecule has 0 fully saturated rings. The lowest BCUT2D eigenvalue weighted by atomic mass is 9.93. The molecule has 14 heavy (non-hydrogen) atoms. The van der Waals surface area contributed by atoms with Crippen molar-refractivity contribution in [2.24, 2.45) is 11.8 Å². The van der Waals surface area contributed by atoms with Gasteiger partial charge in [0.1, 0.15) is 0 Å². The molecule has 0 aliphatic heterocycles. The molecule has 0 spiro atoms. The summed E-state index contributed by atoms with van der Waals surface area (Å²) in [6.07, 6.45) is 5.42. The van der Waals surface area contributed by atoms with E-state index in [-0.39, 0.29) is 6.10 Å². The number of rotatable bonds is 6. The molecule has 0 aromatic carbocycles. The minimum Gasteiger partial charge on any atom is -0.393 e. The van der Waals surface area contributed by atoms with Crippen molar-refractivity contribution in [2.45, 2.75) is 60.0 Å². The maximum atomic E-state index is 9.69. The zero-order valence-corrected chi connectivity index (χ0v) is 10.4. The Hall–Kier alpha value is -0.300. The molecule has 0 bridgehead atoms. The maximum Gasteiger partial charge on any atom is 0.0565 e. The van der Waals surface area contributed by atoms with Crippen LogP contribution in [0.4, 0.5) is 0 Å². The largest absolute Gasteiger partial charge is 0.393 e. The van der Waals surface area contributed by atoms with Crippen LogP contribution in [-0.2, 0) is 0 Å². The Labute approximate surface area is 89.2 Å². The van der Waals surface area contributed by atoms with E-state index in [4.69, 9.17) is 0 Å². The van der Waals surface area contributed by atoms with E-state index in [9.17, 15) is 5.11 Å². The third-order valence-corrected chi connectivity index (χ3v) is 2.63. The second-order valence-electron chi connectivity index (χ2n) is 5.01. The molecule has 0 rings (SSSR count). The summed E-state index contributed by atoms with van der Waals surface area (Å²) in [4.78, 5) is 0. The van der Waals surface area contributed by atoms with Gasteiger partial charge in [0, 0.05) is 0 Å². The van der Waals surface area contributed by atoms with Gasteiger partial charge in [0.15, 0.2) is 0 Å². The van der Waals surface area contributed by atoms with Crippen LogP contribution in [-0.4, -0.2) is 11.2 Å². The number of allylic oxidation sites excluding steroid dienone is 2. The highest BCUT2D eigenvalue weighted by atomic mass is 16.3. The predicted molar refractivity (Wildman–Crippen MR) is 63.3 cm³/mol. The van der Waals surface area contributed by atoms with E-state index in [0.29, 0.717) is 11.8 Å². The van der Waals surface area contributed by atoms with Gasteiger partial charge in [0.25, 0.3) is 0 Å². The van der Waals surface area contributed by atoms with Crippen molar-refractivity contribution in [1.29, 1.82) is 0 Å². The molecular formula is C13H26O. The van der Waals surface area contributed by atoms with Crippen LogP contribution in [0.3, 0.4) is 0 Å².